The molecule has 0 radical (unpaired) electrons. The topological polar surface area (TPSA) is 80.3 Å². The van der Waals surface area contributed by atoms with Crippen LogP contribution < -0.4 is 15.4 Å². The van der Waals surface area contributed by atoms with Crippen LogP contribution in [0.5, 0.6) is 5.75 Å². The predicted molar refractivity (Wildman–Crippen MR) is 112 cm³/mol. The Morgan fingerprint density at radius 2 is 1.72 bits per heavy atom. The number of benzene rings is 2. The summed E-state index contributed by atoms with van der Waals surface area (Å²) in [7, 11) is 1.60. The first-order valence-electron chi connectivity index (χ1n) is 9.22. The molecular formula is C23H23N3O3. The summed E-state index contributed by atoms with van der Waals surface area (Å²) >= 11 is 0. The average Bonchev–Trinajstić information content (AvgIpc) is 2.75. The molecule has 0 fully saturated rings. The van der Waals surface area contributed by atoms with Gasteiger partial charge in [-0.15, -0.1) is 0 Å². The number of aromatic nitrogens is 1. The van der Waals surface area contributed by atoms with Crippen molar-refractivity contribution in [2.45, 2.75) is 20.4 Å². The number of nitrogens with zero attached hydrogens (tertiary/aromatic N) is 1. The van der Waals surface area contributed by atoms with Crippen LogP contribution in [0.2, 0.25) is 0 Å². The van der Waals surface area contributed by atoms with E-state index in [-0.39, 0.29) is 17.5 Å². The monoisotopic (exact) mass is 389 g/mol. The standard InChI is InChI=1S/C23H23N3O3/c1-15-4-5-16(2)20(12-15)26-22(27)18-10-11-24-21(13-18)23(28)25-14-17-6-8-19(29-3)9-7-17/h4-13H,14H2,1-3H3,(H,25,28)(H,26,27). The Morgan fingerprint density at radius 3 is 2.45 bits per heavy atom. The van der Waals surface area contributed by atoms with Gasteiger partial charge in [0.2, 0.25) is 0 Å². The Labute approximate surface area is 169 Å². The highest BCUT2D eigenvalue weighted by atomic mass is 16.5. The number of rotatable bonds is 6. The van der Waals surface area contributed by atoms with Crippen LogP contribution in [0.15, 0.2) is 60.8 Å². The van der Waals surface area contributed by atoms with Gasteiger partial charge in [0, 0.05) is 24.0 Å². The molecule has 148 valence electrons. The summed E-state index contributed by atoms with van der Waals surface area (Å²) in [6.45, 7) is 4.25. The molecule has 2 amide bonds. The highest BCUT2D eigenvalue weighted by Gasteiger charge is 2.13. The maximum Gasteiger partial charge on any atom is 0.270 e. The Bertz CT molecular complexity index is 1030. The van der Waals surface area contributed by atoms with Crippen molar-refractivity contribution in [2.75, 3.05) is 12.4 Å². The van der Waals surface area contributed by atoms with E-state index < -0.39 is 0 Å². The average molecular weight is 389 g/mol. The number of aryl methyl sites for hydroxylation is 2. The van der Waals surface area contributed by atoms with Gasteiger partial charge >= 0.3 is 0 Å². The molecule has 0 spiro atoms. The largest absolute Gasteiger partial charge is 0.497 e. The van der Waals surface area contributed by atoms with E-state index >= 15 is 0 Å². The third kappa shape index (κ3) is 5.19. The summed E-state index contributed by atoms with van der Waals surface area (Å²) in [6, 6.07) is 16.3. The van der Waals surface area contributed by atoms with Gasteiger partial charge in [-0.25, -0.2) is 0 Å². The molecular weight excluding hydrogens is 366 g/mol. The molecule has 0 aliphatic heterocycles. The quantitative estimate of drug-likeness (QED) is 0.670. The van der Waals surface area contributed by atoms with Crippen molar-refractivity contribution in [1.29, 1.82) is 0 Å². The number of ether oxygens (including phenoxy) is 1. The van der Waals surface area contributed by atoms with E-state index in [2.05, 4.69) is 15.6 Å². The number of carbonyl (C=O) groups excluding carboxylic acids is 2. The van der Waals surface area contributed by atoms with Gasteiger partial charge in [-0.2, -0.15) is 0 Å². The van der Waals surface area contributed by atoms with E-state index in [0.29, 0.717) is 12.1 Å². The van der Waals surface area contributed by atoms with Crippen molar-refractivity contribution >= 4 is 17.5 Å². The third-order valence-electron chi connectivity index (χ3n) is 4.51. The van der Waals surface area contributed by atoms with Gasteiger partial charge < -0.3 is 15.4 Å². The molecule has 0 aliphatic rings. The van der Waals surface area contributed by atoms with Crippen LogP contribution in [0.4, 0.5) is 5.69 Å². The molecule has 1 aromatic heterocycles. The van der Waals surface area contributed by atoms with E-state index in [9.17, 15) is 9.59 Å². The highest BCUT2D eigenvalue weighted by molar-refractivity contribution is 6.06. The number of methoxy groups -OCH3 is 1. The fourth-order valence-electron chi connectivity index (χ4n) is 2.78. The lowest BCUT2D eigenvalue weighted by atomic mass is 10.1. The Morgan fingerprint density at radius 1 is 0.966 bits per heavy atom. The van der Waals surface area contributed by atoms with Gasteiger partial charge in [0.05, 0.1) is 7.11 Å². The van der Waals surface area contributed by atoms with Crippen molar-refractivity contribution in [3.05, 3.63) is 88.7 Å². The van der Waals surface area contributed by atoms with Gasteiger partial charge in [-0.3, -0.25) is 14.6 Å². The van der Waals surface area contributed by atoms with Crippen LogP contribution in [0.3, 0.4) is 0 Å². The summed E-state index contributed by atoms with van der Waals surface area (Å²) in [5.74, 6) is 0.122. The SMILES string of the molecule is COc1ccc(CNC(=O)c2cc(C(=O)Nc3cc(C)ccc3C)ccn2)cc1. The molecule has 2 N–H and O–H groups in total. The molecule has 6 nitrogen and oxygen atoms in total. The van der Waals surface area contributed by atoms with Gasteiger partial charge in [0.25, 0.3) is 11.8 Å². The van der Waals surface area contributed by atoms with Crippen LogP contribution in [-0.2, 0) is 6.54 Å². The summed E-state index contributed by atoms with van der Waals surface area (Å²) < 4.78 is 5.12. The van der Waals surface area contributed by atoms with E-state index in [1.54, 1.807) is 13.2 Å². The zero-order valence-electron chi connectivity index (χ0n) is 16.7. The first kappa shape index (κ1) is 20.1. The van der Waals surface area contributed by atoms with E-state index in [4.69, 9.17) is 4.74 Å². The first-order chi connectivity index (χ1) is 14.0. The number of hydrogen-bond acceptors (Lipinski definition) is 4. The maximum atomic E-state index is 12.6. The van der Waals surface area contributed by atoms with Gasteiger partial charge in [-0.1, -0.05) is 24.3 Å². The van der Waals surface area contributed by atoms with Gasteiger partial charge in [-0.05, 0) is 60.9 Å². The Balaban J connectivity index is 1.66. The second-order valence-electron chi connectivity index (χ2n) is 6.73. The van der Waals surface area contributed by atoms with E-state index in [0.717, 1.165) is 28.1 Å². The molecule has 0 bridgehead atoms. The number of carbonyl (C=O) groups is 2. The second kappa shape index (κ2) is 9.01. The third-order valence-corrected chi connectivity index (χ3v) is 4.51. The van der Waals surface area contributed by atoms with Crippen molar-refractivity contribution < 1.29 is 14.3 Å². The number of amides is 2. The van der Waals surface area contributed by atoms with Crippen molar-refractivity contribution in [1.82, 2.24) is 10.3 Å². The molecule has 2 aromatic carbocycles. The lowest BCUT2D eigenvalue weighted by Crippen LogP contribution is -2.24. The zero-order chi connectivity index (χ0) is 20.8. The van der Waals surface area contributed by atoms with E-state index in [1.807, 2.05) is 56.3 Å². The summed E-state index contributed by atoms with van der Waals surface area (Å²) in [6.07, 6.45) is 1.46. The van der Waals surface area contributed by atoms with Crippen LogP contribution >= 0.6 is 0 Å². The Hall–Kier alpha value is -3.67. The number of pyridine rings is 1. The van der Waals surface area contributed by atoms with Gasteiger partial charge in [0.1, 0.15) is 11.4 Å². The van der Waals surface area contributed by atoms with Crippen LogP contribution in [0, 0.1) is 13.8 Å². The number of anilines is 1. The molecule has 3 rings (SSSR count). The van der Waals surface area contributed by atoms with Crippen LogP contribution in [-0.4, -0.2) is 23.9 Å². The fraction of sp³-hybridized carbons (Fsp3) is 0.174. The molecule has 1 heterocycles. The predicted octanol–water partition coefficient (Wildman–Crippen LogP) is 3.89. The first-order valence-corrected chi connectivity index (χ1v) is 9.22. The summed E-state index contributed by atoms with van der Waals surface area (Å²) in [5.41, 5.74) is 4.26. The minimum absolute atomic E-state index is 0.187. The fourth-order valence-corrected chi connectivity index (χ4v) is 2.78. The molecule has 0 unspecified atom stereocenters. The molecule has 29 heavy (non-hydrogen) atoms. The summed E-state index contributed by atoms with van der Waals surface area (Å²) in [5, 5.41) is 5.70. The minimum Gasteiger partial charge on any atom is -0.497 e. The molecule has 0 aliphatic carbocycles. The summed E-state index contributed by atoms with van der Waals surface area (Å²) in [4.78, 5) is 29.1. The normalized spacial score (nSPS) is 10.3. The van der Waals surface area contributed by atoms with Crippen molar-refractivity contribution in [3.63, 3.8) is 0 Å². The van der Waals surface area contributed by atoms with Crippen molar-refractivity contribution in [3.8, 4) is 5.75 Å². The van der Waals surface area contributed by atoms with Crippen molar-refractivity contribution in [2.24, 2.45) is 0 Å². The molecule has 6 heteroatoms. The zero-order valence-corrected chi connectivity index (χ0v) is 16.7. The smallest absolute Gasteiger partial charge is 0.270 e. The highest BCUT2D eigenvalue weighted by Crippen LogP contribution is 2.17. The maximum absolute atomic E-state index is 12.6. The second-order valence-corrected chi connectivity index (χ2v) is 6.73. The van der Waals surface area contributed by atoms with E-state index in [1.165, 1.54) is 12.3 Å². The molecule has 0 saturated heterocycles. The van der Waals surface area contributed by atoms with Gasteiger partial charge in [0.15, 0.2) is 0 Å². The molecule has 0 atom stereocenters. The number of nitrogens with one attached hydrogen (secondary N) is 2. The lowest BCUT2D eigenvalue weighted by Gasteiger charge is -2.10. The molecule has 0 saturated carbocycles. The van der Waals surface area contributed by atoms with Crippen LogP contribution in [0.25, 0.3) is 0 Å². The Kier molecular flexibility index (Phi) is 6.24. The van der Waals surface area contributed by atoms with Crippen LogP contribution in [0.1, 0.15) is 37.5 Å². The minimum atomic E-state index is -0.345. The number of hydrogen-bond donors (Lipinski definition) is 2. The molecule has 3 aromatic rings. The lowest BCUT2D eigenvalue weighted by molar-refractivity contribution is 0.0946.